The zero-order valence-corrected chi connectivity index (χ0v) is 20.6. The zero-order chi connectivity index (χ0) is 23.8. The standard InChI is InChI=1S/C23H19BrCl2N2O5/c1-2-31-22-10-16(12-27-33-13-15-4-3-5-19(8-15)28(29)30)9-20(24)23(22)32-14-17-6-7-18(25)11-21(17)26/h3-12H,2,13-14H2,1H3/b27-12-. The van der Waals surface area contributed by atoms with Crippen LogP contribution in [0.2, 0.25) is 10.0 Å². The molecule has 0 aromatic heterocycles. The summed E-state index contributed by atoms with van der Waals surface area (Å²) in [6, 6.07) is 15.0. The van der Waals surface area contributed by atoms with Gasteiger partial charge in [0.05, 0.1) is 22.2 Å². The second kappa shape index (κ2) is 11.9. The van der Waals surface area contributed by atoms with Crippen molar-refractivity contribution in [1.29, 1.82) is 0 Å². The minimum Gasteiger partial charge on any atom is -0.490 e. The van der Waals surface area contributed by atoms with Crippen molar-refractivity contribution in [3.8, 4) is 11.5 Å². The first-order valence-electron chi connectivity index (χ1n) is 9.79. The monoisotopic (exact) mass is 552 g/mol. The highest BCUT2D eigenvalue weighted by molar-refractivity contribution is 9.10. The van der Waals surface area contributed by atoms with Crippen LogP contribution in [0.4, 0.5) is 5.69 Å². The Bertz CT molecular complexity index is 1170. The highest BCUT2D eigenvalue weighted by atomic mass is 79.9. The Labute approximate surface area is 209 Å². The lowest BCUT2D eigenvalue weighted by Crippen LogP contribution is -2.02. The van der Waals surface area contributed by atoms with Gasteiger partial charge in [-0.2, -0.15) is 0 Å². The first-order chi connectivity index (χ1) is 15.9. The van der Waals surface area contributed by atoms with Crippen LogP contribution in [0.25, 0.3) is 0 Å². The number of nitrogens with zero attached hydrogens (tertiary/aromatic N) is 2. The van der Waals surface area contributed by atoms with Gasteiger partial charge in [-0.05, 0) is 52.7 Å². The SMILES string of the molecule is CCOc1cc(/C=N\OCc2cccc([N+](=O)[O-])c2)cc(Br)c1OCc1ccc(Cl)cc1Cl. The van der Waals surface area contributed by atoms with E-state index < -0.39 is 4.92 Å². The fourth-order valence-electron chi connectivity index (χ4n) is 2.82. The fourth-order valence-corrected chi connectivity index (χ4v) is 3.86. The van der Waals surface area contributed by atoms with Crippen molar-refractivity contribution < 1.29 is 19.2 Å². The average molecular weight is 554 g/mol. The van der Waals surface area contributed by atoms with E-state index in [4.69, 9.17) is 37.5 Å². The number of nitro benzene ring substituents is 1. The van der Waals surface area contributed by atoms with Crippen LogP contribution in [-0.4, -0.2) is 17.7 Å². The molecule has 0 spiro atoms. The largest absolute Gasteiger partial charge is 0.490 e. The summed E-state index contributed by atoms with van der Waals surface area (Å²) in [5, 5.41) is 15.9. The average Bonchev–Trinajstić information content (AvgIpc) is 2.78. The van der Waals surface area contributed by atoms with Gasteiger partial charge < -0.3 is 14.3 Å². The van der Waals surface area contributed by atoms with Crippen LogP contribution in [0.1, 0.15) is 23.6 Å². The third-order valence-electron chi connectivity index (χ3n) is 4.35. The molecule has 7 nitrogen and oxygen atoms in total. The van der Waals surface area contributed by atoms with Gasteiger partial charge in [0.1, 0.15) is 13.2 Å². The molecule has 0 aliphatic heterocycles. The van der Waals surface area contributed by atoms with E-state index in [-0.39, 0.29) is 18.9 Å². The van der Waals surface area contributed by atoms with Crippen molar-refractivity contribution >= 4 is 51.0 Å². The molecule has 10 heteroatoms. The number of benzene rings is 3. The molecule has 0 aliphatic carbocycles. The molecule has 0 saturated carbocycles. The molecule has 0 aliphatic rings. The van der Waals surface area contributed by atoms with Gasteiger partial charge in [0.25, 0.3) is 5.69 Å². The molecule has 0 amide bonds. The van der Waals surface area contributed by atoms with Gasteiger partial charge in [-0.25, -0.2) is 0 Å². The third kappa shape index (κ3) is 7.08. The Morgan fingerprint density at radius 2 is 1.91 bits per heavy atom. The van der Waals surface area contributed by atoms with Crippen molar-refractivity contribution in [2.75, 3.05) is 6.61 Å². The van der Waals surface area contributed by atoms with Crippen molar-refractivity contribution in [2.24, 2.45) is 5.16 Å². The Balaban J connectivity index is 1.69. The lowest BCUT2D eigenvalue weighted by atomic mass is 10.2. The summed E-state index contributed by atoms with van der Waals surface area (Å²) in [6.07, 6.45) is 1.52. The van der Waals surface area contributed by atoms with Crippen LogP contribution in [0, 0.1) is 10.1 Å². The van der Waals surface area contributed by atoms with Gasteiger partial charge in [0.15, 0.2) is 11.5 Å². The summed E-state index contributed by atoms with van der Waals surface area (Å²) < 4.78 is 12.4. The number of hydrogen-bond acceptors (Lipinski definition) is 6. The van der Waals surface area contributed by atoms with Gasteiger partial charge in [-0.1, -0.05) is 46.6 Å². The highest BCUT2D eigenvalue weighted by Crippen LogP contribution is 2.37. The number of oxime groups is 1. The molecule has 3 rings (SSSR count). The topological polar surface area (TPSA) is 83.2 Å². The first kappa shape index (κ1) is 24.8. The van der Waals surface area contributed by atoms with E-state index in [0.29, 0.717) is 43.8 Å². The Morgan fingerprint density at radius 1 is 1.09 bits per heavy atom. The van der Waals surface area contributed by atoms with Gasteiger partial charge in [-0.3, -0.25) is 10.1 Å². The van der Waals surface area contributed by atoms with E-state index in [1.807, 2.05) is 13.0 Å². The maximum Gasteiger partial charge on any atom is 0.269 e. The number of non-ortho nitro benzene ring substituents is 1. The lowest BCUT2D eigenvalue weighted by Gasteiger charge is -2.15. The lowest BCUT2D eigenvalue weighted by molar-refractivity contribution is -0.384. The highest BCUT2D eigenvalue weighted by Gasteiger charge is 2.13. The summed E-state index contributed by atoms with van der Waals surface area (Å²) in [4.78, 5) is 15.7. The molecule has 0 N–H and O–H groups in total. The van der Waals surface area contributed by atoms with Gasteiger partial charge >= 0.3 is 0 Å². The molecule has 0 atom stereocenters. The quantitative estimate of drug-likeness (QED) is 0.151. The zero-order valence-electron chi connectivity index (χ0n) is 17.5. The number of ether oxygens (including phenoxy) is 2. The van der Waals surface area contributed by atoms with E-state index in [0.717, 1.165) is 5.56 Å². The van der Waals surface area contributed by atoms with Crippen LogP contribution in [-0.2, 0) is 18.1 Å². The van der Waals surface area contributed by atoms with Crippen LogP contribution < -0.4 is 9.47 Å². The molecule has 0 saturated heterocycles. The summed E-state index contributed by atoms with van der Waals surface area (Å²) in [5.74, 6) is 1.05. The van der Waals surface area contributed by atoms with Gasteiger partial charge in [-0.15, -0.1) is 0 Å². The minimum absolute atomic E-state index is 0.000780. The molecule has 3 aromatic rings. The van der Waals surface area contributed by atoms with Gasteiger partial charge in [0, 0.05) is 33.3 Å². The number of hydrogen-bond donors (Lipinski definition) is 0. The maximum atomic E-state index is 10.9. The fraction of sp³-hybridized carbons (Fsp3) is 0.174. The molecule has 33 heavy (non-hydrogen) atoms. The Kier molecular flexibility index (Phi) is 8.94. The first-order valence-corrected chi connectivity index (χ1v) is 11.3. The van der Waals surface area contributed by atoms with Crippen molar-refractivity contribution in [1.82, 2.24) is 0 Å². The van der Waals surface area contributed by atoms with E-state index >= 15 is 0 Å². The van der Waals surface area contributed by atoms with Crippen molar-refractivity contribution in [3.63, 3.8) is 0 Å². The van der Waals surface area contributed by atoms with E-state index in [1.165, 1.54) is 18.3 Å². The predicted molar refractivity (Wildman–Crippen MR) is 132 cm³/mol. The molecule has 3 aromatic carbocycles. The van der Waals surface area contributed by atoms with E-state index in [1.54, 1.807) is 36.4 Å². The Hall–Kier alpha value is -2.81. The van der Waals surface area contributed by atoms with Gasteiger partial charge in [0.2, 0.25) is 0 Å². The summed E-state index contributed by atoms with van der Waals surface area (Å²) >= 11 is 15.7. The molecule has 0 heterocycles. The molecule has 0 bridgehead atoms. The number of halogens is 3. The second-order valence-electron chi connectivity index (χ2n) is 6.72. The normalized spacial score (nSPS) is 10.9. The molecule has 172 valence electrons. The van der Waals surface area contributed by atoms with Crippen LogP contribution in [0.5, 0.6) is 11.5 Å². The van der Waals surface area contributed by atoms with Crippen molar-refractivity contribution in [3.05, 3.63) is 95.9 Å². The van der Waals surface area contributed by atoms with Crippen LogP contribution in [0.15, 0.2) is 64.2 Å². The van der Waals surface area contributed by atoms with Crippen molar-refractivity contribution in [2.45, 2.75) is 20.1 Å². The molecular formula is C23H19BrCl2N2O5. The number of nitro groups is 1. The molecule has 0 unspecified atom stereocenters. The smallest absolute Gasteiger partial charge is 0.269 e. The van der Waals surface area contributed by atoms with Crippen LogP contribution >= 0.6 is 39.1 Å². The second-order valence-corrected chi connectivity index (χ2v) is 8.42. The van der Waals surface area contributed by atoms with E-state index in [2.05, 4.69) is 21.1 Å². The summed E-state index contributed by atoms with van der Waals surface area (Å²) in [5.41, 5.74) is 2.14. The minimum atomic E-state index is -0.454. The predicted octanol–water partition coefficient (Wildman–Crippen LogP) is 7.19. The van der Waals surface area contributed by atoms with Crippen LogP contribution in [0.3, 0.4) is 0 Å². The van der Waals surface area contributed by atoms with E-state index in [9.17, 15) is 10.1 Å². The summed E-state index contributed by atoms with van der Waals surface area (Å²) in [7, 11) is 0. The third-order valence-corrected chi connectivity index (χ3v) is 5.52. The molecule has 0 fully saturated rings. The maximum absolute atomic E-state index is 10.9. The molecule has 0 radical (unpaired) electrons. The Morgan fingerprint density at radius 3 is 2.64 bits per heavy atom. The summed E-state index contributed by atoms with van der Waals surface area (Å²) in [6.45, 7) is 2.64. The molecular weight excluding hydrogens is 535 g/mol. The number of rotatable bonds is 10.